The van der Waals surface area contributed by atoms with E-state index in [1.54, 1.807) is 55.6 Å². The van der Waals surface area contributed by atoms with E-state index in [1.807, 2.05) is 26.8 Å². The predicted octanol–water partition coefficient (Wildman–Crippen LogP) is 4.48. The number of carbonyl (C=O) groups excluding carboxylic acids is 1. The highest BCUT2D eigenvalue weighted by molar-refractivity contribution is 7.92. The Hall–Kier alpha value is -3.72. The van der Waals surface area contributed by atoms with Crippen molar-refractivity contribution in [3.8, 4) is 17.2 Å². The molecular weight excluding hydrogens is 480 g/mol. The van der Waals surface area contributed by atoms with E-state index in [-0.39, 0.29) is 10.6 Å². The number of carbonyl (C=O) groups is 1. The number of ether oxygens (including phenoxy) is 3. The van der Waals surface area contributed by atoms with Crippen molar-refractivity contribution in [3.05, 3.63) is 77.9 Å². The van der Waals surface area contributed by atoms with E-state index in [4.69, 9.17) is 14.2 Å². The summed E-state index contributed by atoms with van der Waals surface area (Å²) in [4.78, 5) is 13.3. The number of sulfonamides is 1. The van der Waals surface area contributed by atoms with Gasteiger partial charge >= 0.3 is 0 Å². The summed E-state index contributed by atoms with van der Waals surface area (Å²) in [6.07, 6.45) is 0. The summed E-state index contributed by atoms with van der Waals surface area (Å²) >= 11 is 0. The highest BCUT2D eigenvalue weighted by Gasteiger charge is 2.30. The van der Waals surface area contributed by atoms with Gasteiger partial charge in [0.1, 0.15) is 12.3 Å². The van der Waals surface area contributed by atoms with Gasteiger partial charge < -0.3 is 19.5 Å². The Kier molecular flexibility index (Phi) is 8.82. The van der Waals surface area contributed by atoms with Crippen molar-refractivity contribution in [3.63, 3.8) is 0 Å². The number of benzene rings is 3. The number of nitrogens with one attached hydrogen (secondary N) is 1. The molecule has 3 rings (SSSR count). The van der Waals surface area contributed by atoms with Crippen molar-refractivity contribution in [1.29, 1.82) is 0 Å². The van der Waals surface area contributed by atoms with E-state index >= 15 is 0 Å². The van der Waals surface area contributed by atoms with Gasteiger partial charge in [-0.3, -0.25) is 9.10 Å². The second-order valence-electron chi connectivity index (χ2n) is 8.13. The third-order valence-electron chi connectivity index (χ3n) is 5.62. The average Bonchev–Trinajstić information content (AvgIpc) is 2.87. The lowest BCUT2D eigenvalue weighted by molar-refractivity contribution is -0.120. The summed E-state index contributed by atoms with van der Waals surface area (Å²) in [7, 11) is -0.987. The average molecular weight is 513 g/mol. The van der Waals surface area contributed by atoms with Crippen molar-refractivity contribution in [2.45, 2.75) is 31.7 Å². The first-order chi connectivity index (χ1) is 17.2. The topological polar surface area (TPSA) is 94.2 Å². The first-order valence-corrected chi connectivity index (χ1v) is 13.0. The van der Waals surface area contributed by atoms with Crippen LogP contribution in [0.1, 0.15) is 31.0 Å². The van der Waals surface area contributed by atoms with Crippen LogP contribution in [0.5, 0.6) is 17.2 Å². The molecule has 3 aromatic rings. The van der Waals surface area contributed by atoms with Crippen LogP contribution in [-0.4, -0.2) is 41.7 Å². The van der Waals surface area contributed by atoms with Crippen LogP contribution >= 0.6 is 0 Å². The molecule has 0 heterocycles. The molecule has 0 aliphatic carbocycles. The number of anilines is 1. The zero-order chi connectivity index (χ0) is 26.3. The minimum absolute atomic E-state index is 0.0835. The molecule has 0 spiro atoms. The third kappa shape index (κ3) is 6.09. The smallest absolute Gasteiger partial charge is 0.264 e. The Morgan fingerprint density at radius 2 is 1.61 bits per heavy atom. The molecule has 0 unspecified atom stereocenters. The molecule has 3 aromatic carbocycles. The van der Waals surface area contributed by atoms with Crippen molar-refractivity contribution >= 4 is 21.6 Å². The molecular formula is C27H32N2O6S. The van der Waals surface area contributed by atoms with Gasteiger partial charge in [0.2, 0.25) is 5.91 Å². The molecule has 0 saturated carbocycles. The lowest BCUT2D eigenvalue weighted by Gasteiger charge is -2.27. The Balaban J connectivity index is 1.93. The molecule has 8 nitrogen and oxygen atoms in total. The Morgan fingerprint density at radius 1 is 0.944 bits per heavy atom. The molecule has 0 fully saturated rings. The second kappa shape index (κ2) is 11.8. The summed E-state index contributed by atoms with van der Waals surface area (Å²) in [5.74, 6) is 1.00. The SMILES string of the molecule is CCOc1ccccc1N(CC(=O)N[C@@H](C)c1ccc(OC)c(OC)c1)S(=O)(=O)c1ccc(C)cc1. The number of hydrogen-bond acceptors (Lipinski definition) is 6. The number of rotatable bonds is 11. The standard InChI is InChI=1S/C27H32N2O6S/c1-6-35-24-10-8-7-9-23(24)29(36(31,32)22-14-11-19(2)12-15-22)18-27(30)28-20(3)21-13-16-25(33-4)26(17-21)34-5/h7-17,20H,6,18H2,1-5H3,(H,28,30)/t20-/m0/s1. The van der Waals surface area contributed by atoms with Gasteiger partial charge in [-0.2, -0.15) is 0 Å². The van der Waals surface area contributed by atoms with Gasteiger partial charge in [-0.05, 0) is 62.7 Å². The van der Waals surface area contributed by atoms with Crippen molar-refractivity contribution < 1.29 is 27.4 Å². The molecule has 0 radical (unpaired) electrons. The van der Waals surface area contributed by atoms with Gasteiger partial charge in [0.25, 0.3) is 10.0 Å². The molecule has 0 aliphatic rings. The lowest BCUT2D eigenvalue weighted by atomic mass is 10.1. The number of hydrogen-bond donors (Lipinski definition) is 1. The van der Waals surface area contributed by atoms with Crippen LogP contribution < -0.4 is 23.8 Å². The van der Waals surface area contributed by atoms with Crippen LogP contribution in [0, 0.1) is 6.92 Å². The van der Waals surface area contributed by atoms with Gasteiger partial charge in [0.15, 0.2) is 11.5 Å². The van der Waals surface area contributed by atoms with Crippen molar-refractivity contribution in [2.24, 2.45) is 0 Å². The van der Waals surface area contributed by atoms with E-state index in [0.29, 0.717) is 23.9 Å². The number of amides is 1. The molecule has 1 N–H and O–H groups in total. The Bertz CT molecular complexity index is 1290. The van der Waals surface area contributed by atoms with E-state index in [2.05, 4.69) is 5.32 Å². The summed E-state index contributed by atoms with van der Waals surface area (Å²) in [5, 5.41) is 2.89. The molecule has 1 amide bonds. The maximum Gasteiger partial charge on any atom is 0.264 e. The van der Waals surface area contributed by atoms with Gasteiger partial charge in [-0.15, -0.1) is 0 Å². The minimum atomic E-state index is -4.07. The predicted molar refractivity (Wildman–Crippen MR) is 139 cm³/mol. The number of nitrogens with zero attached hydrogens (tertiary/aromatic N) is 1. The summed E-state index contributed by atoms with van der Waals surface area (Å²) in [6, 6.07) is 18.2. The highest BCUT2D eigenvalue weighted by atomic mass is 32.2. The Morgan fingerprint density at radius 3 is 2.25 bits per heavy atom. The summed E-state index contributed by atoms with van der Waals surface area (Å²) in [5.41, 5.74) is 1.99. The summed E-state index contributed by atoms with van der Waals surface area (Å²) < 4.78 is 44.8. The van der Waals surface area contributed by atoms with Gasteiger partial charge in [0, 0.05) is 0 Å². The van der Waals surface area contributed by atoms with Crippen LogP contribution in [0.15, 0.2) is 71.6 Å². The van der Waals surface area contributed by atoms with Crippen LogP contribution in [0.25, 0.3) is 0 Å². The number of methoxy groups -OCH3 is 2. The molecule has 0 aliphatic heterocycles. The highest BCUT2D eigenvalue weighted by Crippen LogP contribution is 2.33. The fraction of sp³-hybridized carbons (Fsp3) is 0.296. The fourth-order valence-corrected chi connectivity index (χ4v) is 5.13. The normalized spacial score (nSPS) is 11.9. The van der Waals surface area contributed by atoms with Crippen LogP contribution in [0.2, 0.25) is 0 Å². The largest absolute Gasteiger partial charge is 0.493 e. The lowest BCUT2D eigenvalue weighted by Crippen LogP contribution is -2.41. The van der Waals surface area contributed by atoms with E-state index in [1.165, 1.54) is 19.2 Å². The number of para-hydroxylation sites is 2. The first kappa shape index (κ1) is 26.9. The zero-order valence-electron chi connectivity index (χ0n) is 21.1. The van der Waals surface area contributed by atoms with E-state index in [9.17, 15) is 13.2 Å². The first-order valence-electron chi connectivity index (χ1n) is 11.5. The quantitative estimate of drug-likeness (QED) is 0.407. The van der Waals surface area contributed by atoms with Crippen LogP contribution in [-0.2, 0) is 14.8 Å². The number of aryl methyl sites for hydroxylation is 1. The van der Waals surface area contributed by atoms with Crippen LogP contribution in [0.3, 0.4) is 0 Å². The van der Waals surface area contributed by atoms with E-state index in [0.717, 1.165) is 15.4 Å². The van der Waals surface area contributed by atoms with Gasteiger partial charge in [-0.25, -0.2) is 8.42 Å². The minimum Gasteiger partial charge on any atom is -0.493 e. The molecule has 36 heavy (non-hydrogen) atoms. The molecule has 1 atom stereocenters. The van der Waals surface area contributed by atoms with E-state index < -0.39 is 28.5 Å². The summed E-state index contributed by atoms with van der Waals surface area (Å²) in [6.45, 7) is 5.41. The van der Waals surface area contributed by atoms with Gasteiger partial charge in [0.05, 0.1) is 37.5 Å². The molecule has 0 saturated heterocycles. The molecule has 0 bridgehead atoms. The molecule has 0 aromatic heterocycles. The second-order valence-corrected chi connectivity index (χ2v) is 9.99. The van der Waals surface area contributed by atoms with Crippen LogP contribution in [0.4, 0.5) is 5.69 Å². The monoisotopic (exact) mass is 512 g/mol. The van der Waals surface area contributed by atoms with Gasteiger partial charge in [-0.1, -0.05) is 35.9 Å². The molecule has 9 heteroatoms. The Labute approximate surface area is 212 Å². The third-order valence-corrected chi connectivity index (χ3v) is 7.39. The van der Waals surface area contributed by atoms with Crippen molar-refractivity contribution in [1.82, 2.24) is 5.32 Å². The van der Waals surface area contributed by atoms with Crippen molar-refractivity contribution in [2.75, 3.05) is 31.7 Å². The maximum absolute atomic E-state index is 13.7. The fourth-order valence-electron chi connectivity index (χ4n) is 3.70. The molecule has 192 valence electrons. The zero-order valence-corrected chi connectivity index (χ0v) is 22.0. The maximum atomic E-state index is 13.7.